The number of aliphatic carboxylic acids is 1. The van der Waals surface area contributed by atoms with Crippen LogP contribution in [0.15, 0.2) is 12.1 Å². The van der Waals surface area contributed by atoms with Crippen molar-refractivity contribution in [2.45, 2.75) is 32.7 Å². The van der Waals surface area contributed by atoms with Gasteiger partial charge in [-0.3, -0.25) is 9.59 Å². The normalized spacial score (nSPS) is 16.6. The highest BCUT2D eigenvalue weighted by molar-refractivity contribution is 5.81. The van der Waals surface area contributed by atoms with Crippen molar-refractivity contribution < 1.29 is 19.4 Å². The SMILES string of the molecule is Cc1ccc2c(c1C)OCC2NC(=O)CCC(=O)O. The Hall–Kier alpha value is -2.04. The lowest BCUT2D eigenvalue weighted by Gasteiger charge is -2.12. The first-order chi connectivity index (χ1) is 8.99. The van der Waals surface area contributed by atoms with E-state index < -0.39 is 5.97 Å². The van der Waals surface area contributed by atoms with Crippen LogP contribution >= 0.6 is 0 Å². The van der Waals surface area contributed by atoms with E-state index in [1.807, 2.05) is 26.0 Å². The Balaban J connectivity index is 2.05. The maximum Gasteiger partial charge on any atom is 0.303 e. The van der Waals surface area contributed by atoms with Crippen molar-refractivity contribution >= 4 is 11.9 Å². The highest BCUT2D eigenvalue weighted by Gasteiger charge is 2.27. The fraction of sp³-hybridized carbons (Fsp3) is 0.429. The number of amides is 1. The second kappa shape index (κ2) is 5.30. The minimum Gasteiger partial charge on any atom is -0.490 e. The van der Waals surface area contributed by atoms with Gasteiger partial charge in [0.05, 0.1) is 12.5 Å². The predicted octanol–water partition coefficient (Wildman–Crippen LogP) is 1.72. The lowest BCUT2D eigenvalue weighted by Crippen LogP contribution is -2.29. The van der Waals surface area contributed by atoms with E-state index in [9.17, 15) is 9.59 Å². The van der Waals surface area contributed by atoms with E-state index in [1.54, 1.807) is 0 Å². The van der Waals surface area contributed by atoms with E-state index >= 15 is 0 Å². The second-order valence-corrected chi connectivity index (χ2v) is 4.75. The molecule has 1 heterocycles. The van der Waals surface area contributed by atoms with E-state index in [-0.39, 0.29) is 24.8 Å². The highest BCUT2D eigenvalue weighted by Crippen LogP contribution is 2.36. The molecule has 2 rings (SSSR count). The van der Waals surface area contributed by atoms with Crippen molar-refractivity contribution in [2.75, 3.05) is 6.61 Å². The fourth-order valence-electron chi connectivity index (χ4n) is 2.14. The molecule has 0 aromatic heterocycles. The monoisotopic (exact) mass is 263 g/mol. The van der Waals surface area contributed by atoms with Gasteiger partial charge in [0, 0.05) is 12.0 Å². The summed E-state index contributed by atoms with van der Waals surface area (Å²) < 4.78 is 5.62. The van der Waals surface area contributed by atoms with Gasteiger partial charge in [0.2, 0.25) is 5.91 Å². The van der Waals surface area contributed by atoms with Gasteiger partial charge in [-0.25, -0.2) is 0 Å². The molecule has 0 radical (unpaired) electrons. The zero-order valence-electron chi connectivity index (χ0n) is 11.0. The summed E-state index contributed by atoms with van der Waals surface area (Å²) in [6.45, 7) is 4.40. The van der Waals surface area contributed by atoms with Gasteiger partial charge in [0.25, 0.3) is 0 Å². The van der Waals surface area contributed by atoms with Crippen molar-refractivity contribution in [3.63, 3.8) is 0 Å². The smallest absolute Gasteiger partial charge is 0.303 e. The third-order valence-corrected chi connectivity index (χ3v) is 3.38. The number of carbonyl (C=O) groups excluding carboxylic acids is 1. The Morgan fingerprint density at radius 1 is 1.37 bits per heavy atom. The summed E-state index contributed by atoms with van der Waals surface area (Å²) in [4.78, 5) is 22.1. The standard InChI is InChI=1S/C14H17NO4/c1-8-3-4-10-11(7-19-14(10)9(8)2)15-12(16)5-6-13(17)18/h3-4,11H,5-7H2,1-2H3,(H,15,16)(H,17,18). The second-order valence-electron chi connectivity index (χ2n) is 4.75. The average molecular weight is 263 g/mol. The van der Waals surface area contributed by atoms with Crippen LogP contribution in [-0.4, -0.2) is 23.6 Å². The van der Waals surface area contributed by atoms with Crippen molar-refractivity contribution in [3.05, 3.63) is 28.8 Å². The maximum atomic E-state index is 11.6. The van der Waals surface area contributed by atoms with E-state index in [2.05, 4.69) is 5.32 Å². The van der Waals surface area contributed by atoms with Gasteiger partial charge in [-0.1, -0.05) is 12.1 Å². The van der Waals surface area contributed by atoms with Crippen molar-refractivity contribution in [2.24, 2.45) is 0 Å². The summed E-state index contributed by atoms with van der Waals surface area (Å²) in [5.74, 6) is -0.393. The third-order valence-electron chi connectivity index (χ3n) is 3.38. The number of nitrogens with one attached hydrogen (secondary N) is 1. The number of rotatable bonds is 4. The van der Waals surface area contributed by atoms with Crippen LogP contribution in [0.3, 0.4) is 0 Å². The van der Waals surface area contributed by atoms with Crippen LogP contribution in [0.1, 0.15) is 35.6 Å². The van der Waals surface area contributed by atoms with E-state index in [1.165, 1.54) is 0 Å². The first-order valence-electron chi connectivity index (χ1n) is 6.23. The van der Waals surface area contributed by atoms with Gasteiger partial charge in [-0.2, -0.15) is 0 Å². The minimum absolute atomic E-state index is 0.00793. The highest BCUT2D eigenvalue weighted by atomic mass is 16.5. The fourth-order valence-corrected chi connectivity index (χ4v) is 2.14. The summed E-state index contributed by atoms with van der Waals surface area (Å²) >= 11 is 0. The number of benzene rings is 1. The van der Waals surface area contributed by atoms with Gasteiger partial charge in [0.15, 0.2) is 0 Å². The number of carboxylic acids is 1. The van der Waals surface area contributed by atoms with Gasteiger partial charge in [-0.05, 0) is 25.0 Å². The van der Waals surface area contributed by atoms with E-state index in [0.29, 0.717) is 6.61 Å². The molecule has 0 fully saturated rings. The summed E-state index contributed by atoms with van der Waals surface area (Å²) in [5.41, 5.74) is 3.20. The molecule has 0 bridgehead atoms. The van der Waals surface area contributed by atoms with Gasteiger partial charge >= 0.3 is 5.97 Å². The van der Waals surface area contributed by atoms with Crippen LogP contribution in [0.25, 0.3) is 0 Å². The molecule has 19 heavy (non-hydrogen) atoms. The number of fused-ring (bicyclic) bond motifs is 1. The number of hydrogen-bond acceptors (Lipinski definition) is 3. The molecule has 1 aromatic carbocycles. The molecule has 5 heteroatoms. The number of aryl methyl sites for hydroxylation is 1. The zero-order chi connectivity index (χ0) is 14.0. The lowest BCUT2D eigenvalue weighted by molar-refractivity contribution is -0.138. The summed E-state index contributed by atoms with van der Waals surface area (Å²) in [7, 11) is 0. The van der Waals surface area contributed by atoms with Gasteiger partial charge in [0.1, 0.15) is 12.4 Å². The molecule has 1 atom stereocenters. The maximum absolute atomic E-state index is 11.6. The van der Waals surface area contributed by atoms with Crippen LogP contribution in [0, 0.1) is 13.8 Å². The number of hydrogen-bond donors (Lipinski definition) is 2. The molecule has 0 saturated carbocycles. The van der Waals surface area contributed by atoms with E-state index in [4.69, 9.17) is 9.84 Å². The van der Waals surface area contributed by atoms with Crippen molar-refractivity contribution in [3.8, 4) is 5.75 Å². The third kappa shape index (κ3) is 2.86. The minimum atomic E-state index is -0.968. The molecule has 0 spiro atoms. The number of carbonyl (C=O) groups is 2. The van der Waals surface area contributed by atoms with E-state index in [0.717, 1.165) is 22.4 Å². The number of carboxylic acid groups (broad SMARTS) is 1. The zero-order valence-corrected chi connectivity index (χ0v) is 11.0. The van der Waals surface area contributed by atoms with Crippen LogP contribution in [-0.2, 0) is 9.59 Å². The van der Waals surface area contributed by atoms with Gasteiger partial charge < -0.3 is 15.2 Å². The lowest BCUT2D eigenvalue weighted by atomic mass is 10.0. The molecular formula is C14H17NO4. The molecule has 102 valence electrons. The molecule has 1 aliphatic rings. The molecule has 1 aromatic rings. The predicted molar refractivity (Wildman–Crippen MR) is 69.2 cm³/mol. The largest absolute Gasteiger partial charge is 0.490 e. The molecule has 0 aliphatic carbocycles. The van der Waals surface area contributed by atoms with Crippen molar-refractivity contribution in [1.82, 2.24) is 5.32 Å². The van der Waals surface area contributed by atoms with Crippen LogP contribution in [0.2, 0.25) is 0 Å². The molecule has 1 amide bonds. The molecular weight excluding hydrogens is 246 g/mol. The average Bonchev–Trinajstić information content (AvgIpc) is 2.75. The number of ether oxygens (including phenoxy) is 1. The van der Waals surface area contributed by atoms with Crippen molar-refractivity contribution in [1.29, 1.82) is 0 Å². The van der Waals surface area contributed by atoms with Crippen LogP contribution in [0.4, 0.5) is 0 Å². The topological polar surface area (TPSA) is 75.6 Å². The molecule has 1 aliphatic heterocycles. The quantitative estimate of drug-likeness (QED) is 0.867. The molecule has 5 nitrogen and oxygen atoms in total. The summed E-state index contributed by atoms with van der Waals surface area (Å²) in [6, 6.07) is 3.77. The Labute approximate surface area is 111 Å². The Bertz CT molecular complexity index is 524. The van der Waals surface area contributed by atoms with Crippen LogP contribution < -0.4 is 10.1 Å². The molecule has 0 saturated heterocycles. The first kappa shape index (κ1) is 13.4. The first-order valence-corrected chi connectivity index (χ1v) is 6.23. The Kier molecular flexibility index (Phi) is 3.74. The van der Waals surface area contributed by atoms with Gasteiger partial charge in [-0.15, -0.1) is 0 Å². The summed E-state index contributed by atoms with van der Waals surface area (Å²) in [6.07, 6.45) is -0.162. The Morgan fingerprint density at radius 2 is 2.11 bits per heavy atom. The van der Waals surface area contributed by atoms with Crippen LogP contribution in [0.5, 0.6) is 5.75 Å². The Morgan fingerprint density at radius 3 is 2.79 bits per heavy atom. The summed E-state index contributed by atoms with van der Waals surface area (Å²) in [5, 5.41) is 11.4. The molecule has 1 unspecified atom stereocenters. The molecule has 2 N–H and O–H groups in total.